The molecule has 0 atom stereocenters. The van der Waals surface area contributed by atoms with E-state index in [4.69, 9.17) is 0 Å². The first-order chi connectivity index (χ1) is 18.0. The van der Waals surface area contributed by atoms with Gasteiger partial charge in [0.05, 0.1) is 0 Å². The minimum Gasteiger partial charge on any atom is -0.310 e. The lowest BCUT2D eigenvalue weighted by Gasteiger charge is -2.28. The van der Waals surface area contributed by atoms with Crippen LogP contribution in [0.1, 0.15) is 35.3 Å². The fourth-order valence-electron chi connectivity index (χ4n) is 5.43. The van der Waals surface area contributed by atoms with E-state index in [1.807, 2.05) is 18.2 Å². The third kappa shape index (κ3) is 4.10. The number of carbonyl (C=O) groups excluding carboxylic acids is 1. The number of halogens is 1. The molecule has 0 bridgehead atoms. The van der Waals surface area contributed by atoms with Crippen LogP contribution in [0.15, 0.2) is 120 Å². The summed E-state index contributed by atoms with van der Waals surface area (Å²) in [6.45, 7) is 4.49. The minimum atomic E-state index is -0.206. The highest BCUT2D eigenvalue weighted by atomic mass is 79.9. The summed E-state index contributed by atoms with van der Waals surface area (Å²) >= 11 is 3.58. The van der Waals surface area contributed by atoms with E-state index in [0.717, 1.165) is 33.4 Å². The molecule has 1 aliphatic rings. The third-order valence-corrected chi connectivity index (χ3v) is 7.92. The average Bonchev–Trinajstić information content (AvgIpc) is 3.16. The molecule has 0 heterocycles. The van der Waals surface area contributed by atoms with Crippen molar-refractivity contribution >= 4 is 39.3 Å². The molecule has 0 N–H and O–H groups in total. The maximum atomic E-state index is 11.5. The van der Waals surface area contributed by atoms with Crippen molar-refractivity contribution in [3.8, 4) is 22.3 Å². The molecular formula is C34H26BrNO. The highest BCUT2D eigenvalue weighted by Crippen LogP contribution is 2.50. The van der Waals surface area contributed by atoms with Crippen molar-refractivity contribution in [1.29, 1.82) is 0 Å². The second-order valence-corrected chi connectivity index (χ2v) is 10.9. The maximum absolute atomic E-state index is 11.5. The van der Waals surface area contributed by atoms with Gasteiger partial charge in [-0.25, -0.2) is 0 Å². The average molecular weight is 544 g/mol. The molecule has 5 aromatic carbocycles. The Morgan fingerprint density at radius 2 is 1.16 bits per heavy atom. The number of rotatable bonds is 5. The summed E-state index contributed by atoms with van der Waals surface area (Å²) in [6, 6.07) is 40.4. The van der Waals surface area contributed by atoms with E-state index in [9.17, 15) is 4.79 Å². The Bertz CT molecular complexity index is 1600. The van der Waals surface area contributed by atoms with Crippen LogP contribution in [0.4, 0.5) is 17.1 Å². The van der Waals surface area contributed by atoms with E-state index in [1.54, 1.807) is 0 Å². The highest BCUT2D eigenvalue weighted by molar-refractivity contribution is 9.10. The van der Waals surface area contributed by atoms with Gasteiger partial charge in [-0.2, -0.15) is 0 Å². The third-order valence-electron chi connectivity index (χ3n) is 7.40. The lowest BCUT2D eigenvalue weighted by atomic mass is 9.82. The van der Waals surface area contributed by atoms with Crippen LogP contribution in [-0.4, -0.2) is 6.29 Å². The van der Waals surface area contributed by atoms with Crippen molar-refractivity contribution in [3.63, 3.8) is 0 Å². The molecule has 180 valence electrons. The minimum absolute atomic E-state index is 0.206. The lowest BCUT2D eigenvalue weighted by Crippen LogP contribution is -2.16. The zero-order valence-electron chi connectivity index (χ0n) is 20.8. The van der Waals surface area contributed by atoms with Gasteiger partial charge >= 0.3 is 0 Å². The van der Waals surface area contributed by atoms with E-state index in [1.165, 1.54) is 33.4 Å². The van der Waals surface area contributed by atoms with Crippen LogP contribution in [0.2, 0.25) is 0 Å². The van der Waals surface area contributed by atoms with Crippen LogP contribution < -0.4 is 4.90 Å². The van der Waals surface area contributed by atoms with Gasteiger partial charge in [-0.05, 0) is 88.0 Å². The number of anilines is 3. The molecule has 0 aromatic heterocycles. The first-order valence-corrected chi connectivity index (χ1v) is 13.2. The van der Waals surface area contributed by atoms with Gasteiger partial charge in [0.15, 0.2) is 0 Å². The van der Waals surface area contributed by atoms with Gasteiger partial charge in [0, 0.05) is 32.5 Å². The molecule has 6 rings (SSSR count). The molecule has 0 saturated carbocycles. The summed E-state index contributed by atoms with van der Waals surface area (Å²) in [7, 11) is 0. The summed E-state index contributed by atoms with van der Waals surface area (Å²) in [5.41, 5.74) is 11.1. The normalized spacial score (nSPS) is 13.1. The number of hydrogen-bond donors (Lipinski definition) is 0. The van der Waals surface area contributed by atoms with Crippen LogP contribution in [0, 0.1) is 0 Å². The number of hydrogen-bond acceptors (Lipinski definition) is 2. The molecule has 2 nitrogen and oxygen atoms in total. The van der Waals surface area contributed by atoms with Crippen molar-refractivity contribution in [2.24, 2.45) is 0 Å². The van der Waals surface area contributed by atoms with Gasteiger partial charge in [0.2, 0.25) is 0 Å². The molecule has 0 unspecified atom stereocenters. The Hall–Kier alpha value is -3.95. The van der Waals surface area contributed by atoms with Gasteiger partial charge in [0.25, 0.3) is 0 Å². The van der Waals surface area contributed by atoms with Gasteiger partial charge in [-0.15, -0.1) is 0 Å². The predicted molar refractivity (Wildman–Crippen MR) is 157 cm³/mol. The first-order valence-electron chi connectivity index (χ1n) is 12.4. The molecule has 0 radical (unpaired) electrons. The lowest BCUT2D eigenvalue weighted by molar-refractivity contribution is 0.112. The smallest absolute Gasteiger partial charge is 0.150 e. The Morgan fingerprint density at radius 1 is 0.622 bits per heavy atom. The number of aldehydes is 1. The van der Waals surface area contributed by atoms with Crippen molar-refractivity contribution in [1.82, 2.24) is 0 Å². The topological polar surface area (TPSA) is 20.3 Å². The molecule has 0 spiro atoms. The number of nitrogens with zero attached hydrogens (tertiary/aromatic N) is 1. The van der Waals surface area contributed by atoms with Gasteiger partial charge < -0.3 is 4.90 Å². The van der Waals surface area contributed by atoms with Crippen LogP contribution in [0.5, 0.6) is 0 Å². The van der Waals surface area contributed by atoms with E-state index < -0.39 is 0 Å². The zero-order valence-corrected chi connectivity index (χ0v) is 22.4. The molecule has 0 saturated heterocycles. The van der Waals surface area contributed by atoms with Crippen molar-refractivity contribution in [2.45, 2.75) is 19.3 Å². The van der Waals surface area contributed by atoms with Crippen LogP contribution in [0.25, 0.3) is 22.3 Å². The van der Waals surface area contributed by atoms with Gasteiger partial charge in [0.1, 0.15) is 6.29 Å². The van der Waals surface area contributed by atoms with E-state index in [-0.39, 0.29) is 5.41 Å². The molecule has 0 fully saturated rings. The summed E-state index contributed by atoms with van der Waals surface area (Å²) in [6.07, 6.45) is 0.930. The predicted octanol–water partition coefficient (Wildman–Crippen LogP) is 9.70. The Balaban J connectivity index is 1.47. The molecule has 0 aliphatic heterocycles. The molecule has 37 heavy (non-hydrogen) atoms. The van der Waals surface area contributed by atoms with Crippen LogP contribution in [-0.2, 0) is 5.41 Å². The Morgan fingerprint density at radius 3 is 1.81 bits per heavy atom. The summed E-state index contributed by atoms with van der Waals surface area (Å²) in [5, 5.41) is 0. The number of carbonyl (C=O) groups is 1. The zero-order chi connectivity index (χ0) is 25.6. The van der Waals surface area contributed by atoms with E-state index in [0.29, 0.717) is 0 Å². The van der Waals surface area contributed by atoms with Gasteiger partial charge in [-0.1, -0.05) is 90.4 Å². The second-order valence-electron chi connectivity index (χ2n) is 10.0. The highest BCUT2D eigenvalue weighted by Gasteiger charge is 2.36. The molecule has 1 aliphatic carbocycles. The Labute approximate surface area is 226 Å². The van der Waals surface area contributed by atoms with Crippen molar-refractivity contribution in [2.75, 3.05) is 4.90 Å². The summed E-state index contributed by atoms with van der Waals surface area (Å²) in [4.78, 5) is 13.8. The quantitative estimate of drug-likeness (QED) is 0.205. The standard InChI is InChI=1S/C34H26BrNO/c1-34(2)32-20-23(22-37)8-18-30(32)31-19-17-29(21-33(31)34)36(28-15-11-26(35)12-16-28)27-13-9-25(10-14-27)24-6-4-3-5-7-24/h3-22H,1-2H3. The molecule has 5 aromatic rings. The van der Waals surface area contributed by atoms with Crippen LogP contribution >= 0.6 is 15.9 Å². The van der Waals surface area contributed by atoms with Gasteiger partial charge in [-0.3, -0.25) is 4.79 Å². The maximum Gasteiger partial charge on any atom is 0.150 e. The first kappa shape index (κ1) is 23.4. The summed E-state index contributed by atoms with van der Waals surface area (Å²) in [5.74, 6) is 0. The van der Waals surface area contributed by atoms with Crippen molar-refractivity contribution in [3.05, 3.63) is 136 Å². The fraction of sp³-hybridized carbons (Fsp3) is 0.0882. The fourth-order valence-corrected chi connectivity index (χ4v) is 5.69. The monoisotopic (exact) mass is 543 g/mol. The van der Waals surface area contributed by atoms with Crippen molar-refractivity contribution < 1.29 is 4.79 Å². The largest absolute Gasteiger partial charge is 0.310 e. The molecular weight excluding hydrogens is 518 g/mol. The molecule has 0 amide bonds. The number of benzene rings is 5. The van der Waals surface area contributed by atoms with Crippen LogP contribution in [0.3, 0.4) is 0 Å². The SMILES string of the molecule is CC1(C)c2cc(C=O)ccc2-c2ccc(N(c3ccc(Br)cc3)c3ccc(-c4ccccc4)cc3)cc21. The van der Waals surface area contributed by atoms with E-state index in [2.05, 4.69) is 132 Å². The van der Waals surface area contributed by atoms with E-state index >= 15 is 0 Å². The molecule has 3 heteroatoms. The second kappa shape index (κ2) is 9.17. The summed E-state index contributed by atoms with van der Waals surface area (Å²) < 4.78 is 1.05. The Kier molecular flexibility index (Phi) is 5.81. The number of fused-ring (bicyclic) bond motifs is 3.